The second kappa shape index (κ2) is 6.73. The number of nitrogens with zero attached hydrogens (tertiary/aromatic N) is 1. The molecule has 1 aromatic heterocycles. The van der Waals surface area contributed by atoms with Gasteiger partial charge in [0, 0.05) is 27.4 Å². The van der Waals surface area contributed by atoms with E-state index in [0.29, 0.717) is 5.75 Å². The summed E-state index contributed by atoms with van der Waals surface area (Å²) in [6.45, 7) is 1.99. The molecule has 0 saturated carbocycles. The number of anilines is 1. The van der Waals surface area contributed by atoms with Gasteiger partial charge in [0.05, 0.1) is 5.75 Å². The fourth-order valence-electron chi connectivity index (χ4n) is 1.50. The summed E-state index contributed by atoms with van der Waals surface area (Å²) in [6, 6.07) is 9.54. The van der Waals surface area contributed by atoms with Crippen molar-refractivity contribution in [2.45, 2.75) is 11.8 Å². The van der Waals surface area contributed by atoms with E-state index in [2.05, 4.69) is 26.2 Å². The largest absolute Gasteiger partial charge is 0.325 e. The van der Waals surface area contributed by atoms with Gasteiger partial charge >= 0.3 is 0 Å². The molecule has 2 rings (SSSR count). The SMILES string of the molecule is Cc1cc(NC(=O)CSc2ccncc2)ccc1Br. The zero-order valence-electron chi connectivity index (χ0n) is 10.4. The van der Waals surface area contributed by atoms with Gasteiger partial charge in [-0.05, 0) is 42.8 Å². The molecule has 98 valence electrons. The van der Waals surface area contributed by atoms with Crippen LogP contribution >= 0.6 is 27.7 Å². The van der Waals surface area contributed by atoms with Gasteiger partial charge in [-0.25, -0.2) is 0 Å². The van der Waals surface area contributed by atoms with Gasteiger partial charge in [-0.3, -0.25) is 9.78 Å². The van der Waals surface area contributed by atoms with Crippen molar-refractivity contribution in [2.24, 2.45) is 0 Å². The first kappa shape index (κ1) is 14.1. The first-order chi connectivity index (χ1) is 9.15. The van der Waals surface area contributed by atoms with Crippen molar-refractivity contribution in [1.29, 1.82) is 0 Å². The standard InChI is InChI=1S/C14H13BrN2OS/c1-10-8-11(2-3-13(10)15)17-14(18)9-19-12-4-6-16-7-5-12/h2-8H,9H2,1H3,(H,17,18). The number of aryl methyl sites for hydroxylation is 1. The van der Waals surface area contributed by atoms with Gasteiger partial charge in [0.1, 0.15) is 0 Å². The van der Waals surface area contributed by atoms with Crippen molar-refractivity contribution in [3.8, 4) is 0 Å². The van der Waals surface area contributed by atoms with Gasteiger partial charge in [0.25, 0.3) is 0 Å². The van der Waals surface area contributed by atoms with Gasteiger partial charge in [-0.15, -0.1) is 11.8 Å². The normalized spacial score (nSPS) is 10.2. The maximum absolute atomic E-state index is 11.8. The number of aromatic nitrogens is 1. The number of rotatable bonds is 4. The topological polar surface area (TPSA) is 42.0 Å². The Bertz CT molecular complexity index is 575. The fourth-order valence-corrected chi connectivity index (χ4v) is 2.43. The summed E-state index contributed by atoms with van der Waals surface area (Å²) in [5, 5.41) is 2.88. The van der Waals surface area contributed by atoms with E-state index in [1.54, 1.807) is 12.4 Å². The van der Waals surface area contributed by atoms with Crippen LogP contribution < -0.4 is 5.32 Å². The van der Waals surface area contributed by atoms with Crippen LogP contribution in [-0.4, -0.2) is 16.6 Å². The molecule has 0 bridgehead atoms. The van der Waals surface area contributed by atoms with Crippen molar-refractivity contribution in [3.05, 3.63) is 52.8 Å². The van der Waals surface area contributed by atoms with E-state index in [0.717, 1.165) is 20.6 Å². The van der Waals surface area contributed by atoms with Crippen LogP contribution in [0.3, 0.4) is 0 Å². The quantitative estimate of drug-likeness (QED) is 0.861. The van der Waals surface area contributed by atoms with Crippen LogP contribution in [0.5, 0.6) is 0 Å². The summed E-state index contributed by atoms with van der Waals surface area (Å²) in [5.41, 5.74) is 1.92. The molecule has 0 unspecified atom stereocenters. The molecular weight excluding hydrogens is 324 g/mol. The number of pyridine rings is 1. The molecule has 0 aliphatic carbocycles. The van der Waals surface area contributed by atoms with Gasteiger partial charge in [0.15, 0.2) is 0 Å². The zero-order chi connectivity index (χ0) is 13.7. The van der Waals surface area contributed by atoms with E-state index >= 15 is 0 Å². The highest BCUT2D eigenvalue weighted by Crippen LogP contribution is 2.21. The van der Waals surface area contributed by atoms with Gasteiger partial charge in [-0.1, -0.05) is 15.9 Å². The van der Waals surface area contributed by atoms with E-state index in [1.807, 2.05) is 37.3 Å². The zero-order valence-corrected chi connectivity index (χ0v) is 12.8. The highest BCUT2D eigenvalue weighted by Gasteiger charge is 2.04. The molecule has 2 aromatic rings. The number of amides is 1. The molecule has 0 radical (unpaired) electrons. The average Bonchev–Trinajstić information content (AvgIpc) is 2.42. The Balaban J connectivity index is 1.89. The Kier molecular flexibility index (Phi) is 4.99. The third-order valence-electron chi connectivity index (χ3n) is 2.46. The predicted molar refractivity (Wildman–Crippen MR) is 82.5 cm³/mol. The van der Waals surface area contributed by atoms with Crippen LogP contribution in [0.25, 0.3) is 0 Å². The van der Waals surface area contributed by atoms with E-state index in [-0.39, 0.29) is 5.91 Å². The molecule has 5 heteroatoms. The molecule has 0 saturated heterocycles. The van der Waals surface area contributed by atoms with Crippen molar-refractivity contribution < 1.29 is 4.79 Å². The van der Waals surface area contributed by atoms with Crippen molar-refractivity contribution in [2.75, 3.05) is 11.1 Å². The second-order valence-corrected chi connectivity index (χ2v) is 5.89. The third-order valence-corrected chi connectivity index (χ3v) is 4.36. The van der Waals surface area contributed by atoms with Crippen LogP contribution in [0.2, 0.25) is 0 Å². The summed E-state index contributed by atoms with van der Waals surface area (Å²) in [4.78, 5) is 16.8. The minimum Gasteiger partial charge on any atom is -0.325 e. The average molecular weight is 337 g/mol. The molecule has 3 nitrogen and oxygen atoms in total. The molecule has 1 heterocycles. The van der Waals surface area contributed by atoms with E-state index in [4.69, 9.17) is 0 Å². The van der Waals surface area contributed by atoms with Crippen molar-refractivity contribution in [3.63, 3.8) is 0 Å². The molecule has 0 atom stereocenters. The lowest BCUT2D eigenvalue weighted by atomic mass is 10.2. The summed E-state index contributed by atoms with van der Waals surface area (Å²) in [6.07, 6.45) is 3.44. The Morgan fingerprint density at radius 1 is 1.32 bits per heavy atom. The second-order valence-electron chi connectivity index (χ2n) is 3.98. The monoisotopic (exact) mass is 336 g/mol. The lowest BCUT2D eigenvalue weighted by Gasteiger charge is -2.07. The fraction of sp³-hybridized carbons (Fsp3) is 0.143. The molecule has 19 heavy (non-hydrogen) atoms. The number of hydrogen-bond donors (Lipinski definition) is 1. The Labute approximate surface area is 125 Å². The minimum absolute atomic E-state index is 0.0106. The number of nitrogens with one attached hydrogen (secondary N) is 1. The van der Waals surface area contributed by atoms with Crippen molar-refractivity contribution >= 4 is 39.3 Å². The van der Waals surface area contributed by atoms with Crippen molar-refractivity contribution in [1.82, 2.24) is 4.98 Å². The smallest absolute Gasteiger partial charge is 0.234 e. The first-order valence-corrected chi connectivity index (χ1v) is 7.52. The summed E-state index contributed by atoms with van der Waals surface area (Å²) in [7, 11) is 0. The first-order valence-electron chi connectivity index (χ1n) is 5.74. The molecular formula is C14H13BrN2OS. The van der Waals surface area contributed by atoms with Crippen LogP contribution in [-0.2, 0) is 4.79 Å². The third kappa shape index (κ3) is 4.36. The Morgan fingerprint density at radius 2 is 2.05 bits per heavy atom. The van der Waals surface area contributed by atoms with E-state index in [9.17, 15) is 4.79 Å². The van der Waals surface area contributed by atoms with E-state index < -0.39 is 0 Å². The molecule has 0 spiro atoms. The minimum atomic E-state index is -0.0106. The lowest BCUT2D eigenvalue weighted by molar-refractivity contribution is -0.113. The molecule has 0 aliphatic heterocycles. The highest BCUT2D eigenvalue weighted by molar-refractivity contribution is 9.10. The number of thioether (sulfide) groups is 1. The van der Waals surface area contributed by atoms with Gasteiger partial charge in [0.2, 0.25) is 5.91 Å². The van der Waals surface area contributed by atoms with Gasteiger partial charge in [-0.2, -0.15) is 0 Å². The maximum atomic E-state index is 11.8. The number of hydrogen-bond acceptors (Lipinski definition) is 3. The van der Waals surface area contributed by atoms with Crippen LogP contribution in [0.1, 0.15) is 5.56 Å². The van der Waals surface area contributed by atoms with Crippen LogP contribution in [0, 0.1) is 6.92 Å². The molecule has 1 amide bonds. The number of carbonyl (C=O) groups excluding carboxylic acids is 1. The Hall–Kier alpha value is -1.33. The Morgan fingerprint density at radius 3 is 2.74 bits per heavy atom. The summed E-state index contributed by atoms with van der Waals surface area (Å²) >= 11 is 4.93. The summed E-state index contributed by atoms with van der Waals surface area (Å²) < 4.78 is 1.04. The molecule has 0 aliphatic rings. The summed E-state index contributed by atoms with van der Waals surface area (Å²) in [5.74, 6) is 0.377. The maximum Gasteiger partial charge on any atom is 0.234 e. The number of halogens is 1. The highest BCUT2D eigenvalue weighted by atomic mass is 79.9. The van der Waals surface area contributed by atoms with Crippen LogP contribution in [0.15, 0.2) is 52.1 Å². The van der Waals surface area contributed by atoms with Crippen LogP contribution in [0.4, 0.5) is 5.69 Å². The number of carbonyl (C=O) groups is 1. The number of benzene rings is 1. The molecule has 1 aromatic carbocycles. The predicted octanol–water partition coefficient (Wildman–Crippen LogP) is 3.88. The van der Waals surface area contributed by atoms with E-state index in [1.165, 1.54) is 11.8 Å². The molecule has 1 N–H and O–H groups in total. The lowest BCUT2D eigenvalue weighted by Crippen LogP contribution is -2.14. The van der Waals surface area contributed by atoms with Gasteiger partial charge < -0.3 is 5.32 Å². The molecule has 0 fully saturated rings.